The minimum absolute atomic E-state index is 0.0257. The molecule has 0 aliphatic rings. The number of ether oxygens (including phenoxy) is 1. The lowest BCUT2D eigenvalue weighted by atomic mass is 10.0. The summed E-state index contributed by atoms with van der Waals surface area (Å²) in [6, 6.07) is 1.70. The standard InChI is InChI=1S/C18H20FN7O2/c1-9-23-15(26-17(20)24-9)13-12(8-22-16(28-4)14(13)19)25-11-5-10(6-21-7-11)18(2,3)27/h5-8,25,27H,1-4H3,(H2,20,23,24,26). The summed E-state index contributed by atoms with van der Waals surface area (Å²) < 4.78 is 20.0. The Morgan fingerprint density at radius 1 is 1.18 bits per heavy atom. The van der Waals surface area contributed by atoms with E-state index < -0.39 is 11.4 Å². The molecule has 0 atom stereocenters. The molecule has 0 spiro atoms. The lowest BCUT2D eigenvalue weighted by molar-refractivity contribution is 0.0783. The van der Waals surface area contributed by atoms with Gasteiger partial charge < -0.3 is 20.9 Å². The fourth-order valence-electron chi connectivity index (χ4n) is 2.54. The van der Waals surface area contributed by atoms with Crippen LogP contribution >= 0.6 is 0 Å². The Kier molecular flexibility index (Phi) is 5.06. The zero-order chi connectivity index (χ0) is 20.5. The van der Waals surface area contributed by atoms with Crippen LogP contribution in [-0.2, 0) is 5.60 Å². The van der Waals surface area contributed by atoms with Gasteiger partial charge in [-0.25, -0.2) is 14.4 Å². The molecule has 28 heavy (non-hydrogen) atoms. The van der Waals surface area contributed by atoms with Crippen LogP contribution in [-0.4, -0.2) is 37.1 Å². The summed E-state index contributed by atoms with van der Waals surface area (Å²) in [7, 11) is 1.31. The molecular weight excluding hydrogens is 365 g/mol. The highest BCUT2D eigenvalue weighted by molar-refractivity contribution is 5.78. The molecule has 0 saturated heterocycles. The van der Waals surface area contributed by atoms with Crippen molar-refractivity contribution in [1.82, 2.24) is 24.9 Å². The van der Waals surface area contributed by atoms with Gasteiger partial charge in [0.15, 0.2) is 11.6 Å². The molecule has 0 aliphatic carbocycles. The average Bonchev–Trinajstić information content (AvgIpc) is 2.60. The second kappa shape index (κ2) is 7.31. The number of aryl methyl sites for hydroxylation is 1. The van der Waals surface area contributed by atoms with E-state index in [4.69, 9.17) is 10.5 Å². The highest BCUT2D eigenvalue weighted by Crippen LogP contribution is 2.34. The molecule has 3 rings (SSSR count). The highest BCUT2D eigenvalue weighted by Gasteiger charge is 2.22. The molecule has 0 unspecified atom stereocenters. The van der Waals surface area contributed by atoms with Crippen LogP contribution in [0.3, 0.4) is 0 Å². The summed E-state index contributed by atoms with van der Waals surface area (Å²) in [6.07, 6.45) is 4.48. The number of aliphatic hydroxyl groups is 1. The smallest absolute Gasteiger partial charge is 0.251 e. The normalized spacial score (nSPS) is 11.4. The molecule has 0 amide bonds. The van der Waals surface area contributed by atoms with Crippen molar-refractivity contribution in [2.75, 3.05) is 18.2 Å². The first kappa shape index (κ1) is 19.4. The van der Waals surface area contributed by atoms with E-state index in [9.17, 15) is 5.11 Å². The largest absolute Gasteiger partial charge is 0.479 e. The molecule has 4 N–H and O–H groups in total. The highest BCUT2D eigenvalue weighted by atomic mass is 19.1. The van der Waals surface area contributed by atoms with Crippen LogP contribution in [0.5, 0.6) is 5.88 Å². The van der Waals surface area contributed by atoms with Crippen molar-refractivity contribution in [3.05, 3.63) is 41.9 Å². The number of nitrogens with zero attached hydrogens (tertiary/aromatic N) is 5. The monoisotopic (exact) mass is 385 g/mol. The van der Waals surface area contributed by atoms with Gasteiger partial charge in [-0.05, 0) is 26.8 Å². The molecule has 0 radical (unpaired) electrons. The Morgan fingerprint density at radius 2 is 1.93 bits per heavy atom. The number of halogens is 1. The van der Waals surface area contributed by atoms with E-state index in [1.807, 2.05) is 0 Å². The molecule has 3 aromatic heterocycles. The van der Waals surface area contributed by atoms with Crippen LogP contribution < -0.4 is 15.8 Å². The third-order valence-corrected chi connectivity index (χ3v) is 3.89. The number of aromatic nitrogens is 5. The van der Waals surface area contributed by atoms with E-state index in [-0.39, 0.29) is 28.9 Å². The topological polar surface area (TPSA) is 132 Å². The summed E-state index contributed by atoms with van der Waals surface area (Å²) in [5.74, 6) is -0.606. The van der Waals surface area contributed by atoms with Crippen LogP contribution in [0, 0.1) is 12.7 Å². The number of pyridine rings is 2. The van der Waals surface area contributed by atoms with Crippen molar-refractivity contribution in [2.45, 2.75) is 26.4 Å². The van der Waals surface area contributed by atoms with Crippen LogP contribution in [0.2, 0.25) is 0 Å². The lowest BCUT2D eigenvalue weighted by Gasteiger charge is -2.19. The quantitative estimate of drug-likeness (QED) is 0.605. The minimum atomic E-state index is -1.09. The van der Waals surface area contributed by atoms with Gasteiger partial charge in [0.25, 0.3) is 5.88 Å². The Bertz CT molecular complexity index is 1000. The SMILES string of the molecule is COc1ncc(Nc2cncc(C(C)(C)O)c2)c(-c2nc(C)nc(N)n2)c1F. The maximum absolute atomic E-state index is 15.0. The molecule has 0 aromatic carbocycles. The van der Waals surface area contributed by atoms with Gasteiger partial charge >= 0.3 is 0 Å². The second-order valence-corrected chi connectivity index (χ2v) is 6.58. The molecule has 146 valence electrons. The van der Waals surface area contributed by atoms with E-state index in [1.165, 1.54) is 19.5 Å². The second-order valence-electron chi connectivity index (χ2n) is 6.58. The van der Waals surface area contributed by atoms with Crippen molar-refractivity contribution >= 4 is 17.3 Å². The molecule has 10 heteroatoms. The Labute approximate surface area is 160 Å². The Hall–Kier alpha value is -3.40. The van der Waals surface area contributed by atoms with E-state index in [0.717, 1.165) is 0 Å². The van der Waals surface area contributed by atoms with Crippen LogP contribution in [0.25, 0.3) is 11.4 Å². The molecule has 0 bridgehead atoms. The van der Waals surface area contributed by atoms with Crippen molar-refractivity contribution in [1.29, 1.82) is 0 Å². The van der Waals surface area contributed by atoms with Crippen molar-refractivity contribution < 1.29 is 14.2 Å². The van der Waals surface area contributed by atoms with E-state index in [2.05, 4.69) is 30.2 Å². The van der Waals surface area contributed by atoms with Gasteiger partial charge in [-0.3, -0.25) is 4.98 Å². The predicted molar refractivity (Wildman–Crippen MR) is 101 cm³/mol. The van der Waals surface area contributed by atoms with Crippen molar-refractivity contribution in [2.24, 2.45) is 0 Å². The Balaban J connectivity index is 2.13. The van der Waals surface area contributed by atoms with Crippen molar-refractivity contribution in [3.8, 4) is 17.3 Å². The molecular formula is C18H20FN7O2. The van der Waals surface area contributed by atoms with Crippen molar-refractivity contribution in [3.63, 3.8) is 0 Å². The first-order chi connectivity index (χ1) is 13.2. The predicted octanol–water partition coefficient (Wildman–Crippen LogP) is 2.34. The third-order valence-electron chi connectivity index (χ3n) is 3.89. The van der Waals surface area contributed by atoms with Crippen LogP contribution in [0.15, 0.2) is 24.7 Å². The van der Waals surface area contributed by atoms with Gasteiger partial charge in [-0.2, -0.15) is 9.97 Å². The number of anilines is 3. The minimum Gasteiger partial charge on any atom is -0.479 e. The lowest BCUT2D eigenvalue weighted by Crippen LogP contribution is -2.16. The van der Waals surface area contributed by atoms with Gasteiger partial charge in [0.1, 0.15) is 5.82 Å². The fraction of sp³-hybridized carbons (Fsp3) is 0.278. The summed E-state index contributed by atoms with van der Waals surface area (Å²) in [5, 5.41) is 13.2. The molecule has 3 heterocycles. The molecule has 3 aromatic rings. The number of hydrogen-bond donors (Lipinski definition) is 3. The van der Waals surface area contributed by atoms with E-state index in [1.54, 1.807) is 33.0 Å². The molecule has 0 aliphatic heterocycles. The maximum Gasteiger partial charge on any atom is 0.251 e. The number of rotatable bonds is 5. The fourth-order valence-corrected chi connectivity index (χ4v) is 2.54. The van der Waals surface area contributed by atoms with E-state index >= 15 is 4.39 Å². The average molecular weight is 385 g/mol. The Morgan fingerprint density at radius 3 is 2.57 bits per heavy atom. The summed E-state index contributed by atoms with van der Waals surface area (Å²) in [5.41, 5.74) is 6.02. The van der Waals surface area contributed by atoms with Gasteiger partial charge in [0.05, 0.1) is 42.0 Å². The van der Waals surface area contributed by atoms with Crippen LogP contribution in [0.1, 0.15) is 25.2 Å². The van der Waals surface area contributed by atoms with Gasteiger partial charge in [-0.1, -0.05) is 0 Å². The van der Waals surface area contributed by atoms with Crippen LogP contribution in [0.4, 0.5) is 21.7 Å². The zero-order valence-electron chi connectivity index (χ0n) is 15.9. The van der Waals surface area contributed by atoms with Gasteiger partial charge in [-0.15, -0.1) is 0 Å². The molecule has 0 saturated carbocycles. The first-order valence-corrected chi connectivity index (χ1v) is 8.35. The van der Waals surface area contributed by atoms with Gasteiger partial charge in [0.2, 0.25) is 5.95 Å². The van der Waals surface area contributed by atoms with E-state index in [0.29, 0.717) is 17.1 Å². The summed E-state index contributed by atoms with van der Waals surface area (Å²) in [4.78, 5) is 20.2. The summed E-state index contributed by atoms with van der Waals surface area (Å²) in [6.45, 7) is 4.91. The number of nitrogen functional groups attached to an aromatic ring is 1. The number of hydrogen-bond acceptors (Lipinski definition) is 9. The summed E-state index contributed by atoms with van der Waals surface area (Å²) >= 11 is 0. The molecule has 0 fully saturated rings. The van der Waals surface area contributed by atoms with Gasteiger partial charge in [0, 0.05) is 11.8 Å². The number of nitrogens with two attached hydrogens (primary N) is 1. The maximum atomic E-state index is 15.0. The zero-order valence-corrected chi connectivity index (χ0v) is 15.9. The number of methoxy groups -OCH3 is 1. The third kappa shape index (κ3) is 3.96. The first-order valence-electron chi connectivity index (χ1n) is 8.35. The molecule has 9 nitrogen and oxygen atoms in total. The number of nitrogens with one attached hydrogen (secondary N) is 1.